The van der Waals surface area contributed by atoms with Gasteiger partial charge in [-0.1, -0.05) is 36.7 Å². The van der Waals surface area contributed by atoms with E-state index in [4.69, 9.17) is 5.11 Å². The second-order valence-electron chi connectivity index (χ2n) is 11.1. The molecule has 0 radical (unpaired) electrons. The number of carbonyl (C=O) groups is 2. The van der Waals surface area contributed by atoms with Crippen LogP contribution in [0.5, 0.6) is 0 Å². The van der Waals surface area contributed by atoms with E-state index in [0.29, 0.717) is 40.8 Å². The van der Waals surface area contributed by atoms with Gasteiger partial charge in [-0.2, -0.15) is 0 Å². The van der Waals surface area contributed by atoms with Crippen LogP contribution in [0.3, 0.4) is 0 Å². The van der Waals surface area contributed by atoms with E-state index in [2.05, 4.69) is 36.7 Å². The molecule has 0 unspecified atom stereocenters. The summed E-state index contributed by atoms with van der Waals surface area (Å²) in [6.45, 7) is 7.34. The summed E-state index contributed by atoms with van der Waals surface area (Å²) in [6, 6.07) is 0. The number of ketones is 1. The number of carboxylic acid groups (broad SMARTS) is 1. The molecule has 0 spiro atoms. The zero-order valence-electron chi connectivity index (χ0n) is 17.8. The lowest BCUT2D eigenvalue weighted by Gasteiger charge is -2.61. The first kappa shape index (κ1) is 20.9. The van der Waals surface area contributed by atoms with E-state index in [1.165, 1.54) is 38.5 Å². The van der Waals surface area contributed by atoms with E-state index in [0.717, 1.165) is 37.0 Å². The van der Waals surface area contributed by atoms with E-state index in [1.807, 2.05) is 0 Å². The van der Waals surface area contributed by atoms with Crippen molar-refractivity contribution in [3.63, 3.8) is 0 Å². The highest BCUT2D eigenvalue weighted by molar-refractivity contribution is 9.10. The maximum atomic E-state index is 12.3. The normalized spacial score (nSPS) is 49.1. The number of Topliss-reactive ketones (excluding diaryl/α,β-unsaturated/α-hetero) is 1. The average Bonchev–Trinajstić information content (AvgIpc) is 3.00. The number of carbonyl (C=O) groups excluding carboxylic acids is 1. The summed E-state index contributed by atoms with van der Waals surface area (Å²) in [4.78, 5) is 23.5. The van der Waals surface area contributed by atoms with Gasteiger partial charge in [0.2, 0.25) is 0 Å². The molecule has 0 aromatic carbocycles. The van der Waals surface area contributed by atoms with Gasteiger partial charge in [0.25, 0.3) is 0 Å². The molecule has 28 heavy (non-hydrogen) atoms. The largest absolute Gasteiger partial charge is 0.481 e. The number of fused-ring (bicyclic) bond motifs is 5. The molecular weight excluding hydrogens is 416 g/mol. The van der Waals surface area contributed by atoms with Gasteiger partial charge in [-0.3, -0.25) is 9.59 Å². The topological polar surface area (TPSA) is 54.4 Å². The van der Waals surface area contributed by atoms with Crippen LogP contribution in [0.4, 0.5) is 0 Å². The Morgan fingerprint density at radius 3 is 2.46 bits per heavy atom. The minimum atomic E-state index is -0.655. The molecule has 4 aliphatic rings. The Balaban J connectivity index is 1.53. The molecule has 0 aliphatic heterocycles. The molecule has 0 heterocycles. The molecule has 1 N–H and O–H groups in total. The fraction of sp³-hybridized carbons (Fsp3) is 0.917. The Morgan fingerprint density at radius 2 is 1.75 bits per heavy atom. The second kappa shape index (κ2) is 7.39. The number of alkyl halides is 1. The van der Waals surface area contributed by atoms with Crippen LogP contribution in [0.15, 0.2) is 0 Å². The number of rotatable bonds is 4. The number of halogens is 1. The molecule has 4 aliphatic carbocycles. The van der Waals surface area contributed by atoms with Crippen LogP contribution in [-0.4, -0.2) is 21.7 Å². The lowest BCUT2D eigenvalue weighted by atomic mass is 9.44. The summed E-state index contributed by atoms with van der Waals surface area (Å²) >= 11 is 3.77. The van der Waals surface area contributed by atoms with Crippen LogP contribution in [0.2, 0.25) is 0 Å². The summed E-state index contributed by atoms with van der Waals surface area (Å²) < 4.78 is 0. The highest BCUT2D eigenvalue weighted by atomic mass is 79.9. The zero-order chi connectivity index (χ0) is 20.3. The van der Waals surface area contributed by atoms with Crippen LogP contribution in [0.1, 0.15) is 85.0 Å². The van der Waals surface area contributed by atoms with E-state index in [9.17, 15) is 9.59 Å². The molecule has 0 amide bonds. The first-order valence-electron chi connectivity index (χ1n) is 11.6. The minimum absolute atomic E-state index is 0.0767. The Labute approximate surface area is 178 Å². The molecule has 0 aromatic rings. The Kier molecular flexibility index (Phi) is 5.51. The molecule has 9 atom stereocenters. The Bertz CT molecular complexity index is 648. The summed E-state index contributed by atoms with van der Waals surface area (Å²) in [5.74, 6) is 3.86. The Hall–Kier alpha value is -0.380. The van der Waals surface area contributed by atoms with Crippen molar-refractivity contribution in [1.82, 2.24) is 0 Å². The van der Waals surface area contributed by atoms with Crippen molar-refractivity contribution in [3.05, 3.63) is 0 Å². The monoisotopic (exact) mass is 452 g/mol. The maximum absolute atomic E-state index is 12.3. The predicted molar refractivity (Wildman–Crippen MR) is 114 cm³/mol. The van der Waals surface area contributed by atoms with Gasteiger partial charge in [-0.05, 0) is 97.7 Å². The molecule has 4 fully saturated rings. The summed E-state index contributed by atoms with van der Waals surface area (Å²) in [5.41, 5.74) is 0.708. The van der Waals surface area contributed by atoms with Crippen molar-refractivity contribution in [3.8, 4) is 0 Å². The van der Waals surface area contributed by atoms with Gasteiger partial charge in [0.15, 0.2) is 0 Å². The quantitative estimate of drug-likeness (QED) is 0.524. The van der Waals surface area contributed by atoms with Crippen molar-refractivity contribution < 1.29 is 14.7 Å². The lowest BCUT2D eigenvalue weighted by molar-refractivity contribution is -0.139. The number of hydrogen-bond acceptors (Lipinski definition) is 2. The van der Waals surface area contributed by atoms with Gasteiger partial charge >= 0.3 is 5.97 Å². The molecule has 0 bridgehead atoms. The van der Waals surface area contributed by atoms with Crippen LogP contribution in [-0.2, 0) is 9.59 Å². The van der Waals surface area contributed by atoms with Crippen molar-refractivity contribution in [1.29, 1.82) is 0 Å². The standard InChI is InChI=1S/C24H37BrO3/c1-14(4-9-21(27)28)16-7-8-17-15-5-6-19-22(25)20(26)11-13-24(19,3)18(15)10-12-23(16,17)2/h14-19,22H,4-13H2,1-3H3,(H,27,28)/t14-,15-,16-,17+,18-,19+,22-,23-,24-/m1/s1. The van der Waals surface area contributed by atoms with E-state index >= 15 is 0 Å². The second-order valence-corrected chi connectivity index (χ2v) is 12.1. The summed E-state index contributed by atoms with van der Waals surface area (Å²) in [5, 5.41) is 9.11. The first-order chi connectivity index (χ1) is 13.2. The van der Waals surface area contributed by atoms with Gasteiger partial charge < -0.3 is 5.11 Å². The Morgan fingerprint density at radius 1 is 1.07 bits per heavy atom. The van der Waals surface area contributed by atoms with Gasteiger partial charge in [0.1, 0.15) is 5.78 Å². The van der Waals surface area contributed by atoms with Crippen LogP contribution >= 0.6 is 15.9 Å². The first-order valence-corrected chi connectivity index (χ1v) is 12.5. The van der Waals surface area contributed by atoms with Gasteiger partial charge in [-0.25, -0.2) is 0 Å². The van der Waals surface area contributed by atoms with Gasteiger partial charge in [-0.15, -0.1) is 0 Å². The lowest BCUT2D eigenvalue weighted by Crippen LogP contribution is -2.56. The SMILES string of the molecule is C[C@H](CCC(=O)O)[C@H]1CC[C@H]2[C@H]3CC[C@H]4[C@@H](Br)C(=O)CC[C@]4(C)[C@@H]3CC[C@]12C. The number of hydrogen-bond donors (Lipinski definition) is 1. The summed E-state index contributed by atoms with van der Waals surface area (Å²) in [6.07, 6.45) is 10.7. The fourth-order valence-corrected chi connectivity index (χ4v) is 9.72. The highest BCUT2D eigenvalue weighted by Crippen LogP contribution is 2.68. The third-order valence-electron chi connectivity index (χ3n) is 10.1. The number of carboxylic acids is 1. The molecule has 0 saturated heterocycles. The predicted octanol–water partition coefficient (Wildman–Crippen LogP) is 6.09. The van der Waals surface area contributed by atoms with Gasteiger partial charge in [0.05, 0.1) is 4.83 Å². The molecule has 4 saturated carbocycles. The molecule has 4 rings (SSSR count). The fourth-order valence-electron chi connectivity index (χ4n) is 8.62. The molecule has 158 valence electrons. The highest BCUT2D eigenvalue weighted by Gasteiger charge is 2.61. The third-order valence-corrected chi connectivity index (χ3v) is 11.2. The van der Waals surface area contributed by atoms with E-state index in [-0.39, 0.29) is 4.83 Å². The van der Waals surface area contributed by atoms with Gasteiger partial charge in [0, 0.05) is 12.8 Å². The van der Waals surface area contributed by atoms with Crippen molar-refractivity contribution >= 4 is 27.7 Å². The molecule has 3 nitrogen and oxygen atoms in total. The van der Waals surface area contributed by atoms with Crippen LogP contribution in [0, 0.1) is 46.3 Å². The van der Waals surface area contributed by atoms with E-state index in [1.54, 1.807) is 0 Å². The van der Waals surface area contributed by atoms with Crippen molar-refractivity contribution in [2.45, 2.75) is 89.8 Å². The summed E-state index contributed by atoms with van der Waals surface area (Å²) in [7, 11) is 0. The molecule has 4 heteroatoms. The van der Waals surface area contributed by atoms with Crippen molar-refractivity contribution in [2.75, 3.05) is 0 Å². The van der Waals surface area contributed by atoms with Crippen molar-refractivity contribution in [2.24, 2.45) is 46.3 Å². The minimum Gasteiger partial charge on any atom is -0.481 e. The number of aliphatic carboxylic acids is 1. The maximum Gasteiger partial charge on any atom is 0.303 e. The smallest absolute Gasteiger partial charge is 0.303 e. The van der Waals surface area contributed by atoms with Crippen LogP contribution in [0.25, 0.3) is 0 Å². The molecular formula is C24H37BrO3. The third kappa shape index (κ3) is 3.11. The molecule has 0 aromatic heterocycles. The van der Waals surface area contributed by atoms with Crippen LogP contribution < -0.4 is 0 Å². The van der Waals surface area contributed by atoms with E-state index < -0.39 is 5.97 Å². The zero-order valence-corrected chi connectivity index (χ0v) is 19.3. The average molecular weight is 453 g/mol.